The molecule has 2 aromatic carbocycles. The number of carbonyl (C=O) groups is 3. The van der Waals surface area contributed by atoms with Gasteiger partial charge < -0.3 is 15.2 Å². The predicted molar refractivity (Wildman–Crippen MR) is 113 cm³/mol. The summed E-state index contributed by atoms with van der Waals surface area (Å²) in [6.07, 6.45) is 0.178. The molecule has 0 radical (unpaired) electrons. The van der Waals surface area contributed by atoms with E-state index in [9.17, 15) is 19.5 Å². The topological polar surface area (TPSA) is 108 Å². The van der Waals surface area contributed by atoms with Gasteiger partial charge in [0.25, 0.3) is 5.91 Å². The van der Waals surface area contributed by atoms with Gasteiger partial charge in [-0.2, -0.15) is 0 Å². The number of carbonyl (C=O) groups excluding carboxylic acids is 3. The third-order valence-electron chi connectivity index (χ3n) is 4.82. The molecule has 0 aliphatic carbocycles. The van der Waals surface area contributed by atoms with Crippen LogP contribution < -0.4 is 20.3 Å². The van der Waals surface area contributed by atoms with Gasteiger partial charge in [-0.15, -0.1) is 0 Å². The van der Waals surface area contributed by atoms with E-state index in [1.54, 1.807) is 18.2 Å². The van der Waals surface area contributed by atoms with E-state index in [-0.39, 0.29) is 35.6 Å². The van der Waals surface area contributed by atoms with Gasteiger partial charge in [-0.25, -0.2) is 4.79 Å². The molecule has 3 rings (SSSR count). The Morgan fingerprint density at radius 1 is 1.17 bits per heavy atom. The first-order valence-electron chi connectivity index (χ1n) is 9.54. The van der Waals surface area contributed by atoms with Gasteiger partial charge in [0.2, 0.25) is 5.91 Å². The molecule has 0 saturated carbocycles. The minimum atomic E-state index is -0.527. The number of phenols is 1. The second-order valence-electron chi connectivity index (χ2n) is 8.08. The highest BCUT2D eigenvalue weighted by molar-refractivity contribution is 6.09. The van der Waals surface area contributed by atoms with E-state index in [1.807, 2.05) is 26.8 Å². The van der Waals surface area contributed by atoms with E-state index in [2.05, 4.69) is 10.6 Å². The van der Waals surface area contributed by atoms with Gasteiger partial charge in [0.1, 0.15) is 11.5 Å². The minimum Gasteiger partial charge on any atom is -0.508 e. The molecule has 1 saturated heterocycles. The molecular formula is C22H25N3O5. The Balaban J connectivity index is 2.07. The van der Waals surface area contributed by atoms with Crippen LogP contribution in [0.1, 0.15) is 43.1 Å². The average molecular weight is 411 g/mol. The molecule has 30 heavy (non-hydrogen) atoms. The van der Waals surface area contributed by atoms with E-state index in [4.69, 9.17) is 4.74 Å². The van der Waals surface area contributed by atoms with Crippen LogP contribution in [0.25, 0.3) is 0 Å². The molecule has 8 nitrogen and oxygen atoms in total. The number of amides is 4. The van der Waals surface area contributed by atoms with E-state index in [1.165, 1.54) is 24.1 Å². The highest BCUT2D eigenvalue weighted by Gasteiger charge is 2.30. The molecule has 0 unspecified atom stereocenters. The summed E-state index contributed by atoms with van der Waals surface area (Å²) in [5, 5.41) is 14.5. The Hall–Kier alpha value is -3.55. The second-order valence-corrected chi connectivity index (χ2v) is 8.08. The fraction of sp³-hybridized carbons (Fsp3) is 0.318. The van der Waals surface area contributed by atoms with E-state index in [0.29, 0.717) is 17.1 Å². The van der Waals surface area contributed by atoms with Crippen molar-refractivity contribution in [1.29, 1.82) is 0 Å². The number of anilines is 2. The summed E-state index contributed by atoms with van der Waals surface area (Å²) in [7, 11) is 1.49. The standard InChI is InChI=1S/C22H25N3O5/c1-22(2,3)17-12-14(25-10-9-18(27)24-21(25)29)11-16(19(17)30-4)20(28)23-13-5-7-15(26)8-6-13/h5-8,11-12,26H,9-10H2,1-4H3,(H,23,28)(H,24,27,29). The Morgan fingerprint density at radius 2 is 1.83 bits per heavy atom. The van der Waals surface area contributed by atoms with Gasteiger partial charge in [0.05, 0.1) is 12.7 Å². The molecule has 3 N–H and O–H groups in total. The van der Waals surface area contributed by atoms with Crippen molar-refractivity contribution >= 4 is 29.2 Å². The van der Waals surface area contributed by atoms with E-state index < -0.39 is 11.9 Å². The van der Waals surface area contributed by atoms with Gasteiger partial charge in [0.15, 0.2) is 0 Å². The van der Waals surface area contributed by atoms with Crippen LogP contribution in [0.5, 0.6) is 11.5 Å². The summed E-state index contributed by atoms with van der Waals surface area (Å²) in [5.41, 5.74) is 1.64. The molecule has 1 heterocycles. The van der Waals surface area contributed by atoms with Gasteiger partial charge in [-0.1, -0.05) is 20.8 Å². The predicted octanol–water partition coefficient (Wildman–Crippen LogP) is 3.40. The van der Waals surface area contributed by atoms with Gasteiger partial charge >= 0.3 is 6.03 Å². The number of ether oxygens (including phenoxy) is 1. The summed E-state index contributed by atoms with van der Waals surface area (Å²) < 4.78 is 5.59. The lowest BCUT2D eigenvalue weighted by atomic mass is 9.84. The first kappa shape index (κ1) is 21.2. The van der Waals surface area contributed by atoms with Crippen LogP contribution in [0.3, 0.4) is 0 Å². The first-order valence-corrected chi connectivity index (χ1v) is 9.54. The lowest BCUT2D eigenvalue weighted by molar-refractivity contribution is -0.120. The van der Waals surface area contributed by atoms with Crippen LogP contribution in [0.15, 0.2) is 36.4 Å². The summed E-state index contributed by atoms with van der Waals surface area (Å²) in [6.45, 7) is 6.17. The van der Waals surface area contributed by atoms with Crippen LogP contribution >= 0.6 is 0 Å². The van der Waals surface area contributed by atoms with Crippen LogP contribution in [0, 0.1) is 0 Å². The maximum Gasteiger partial charge on any atom is 0.328 e. The largest absolute Gasteiger partial charge is 0.508 e. The fourth-order valence-electron chi connectivity index (χ4n) is 3.27. The van der Waals surface area contributed by atoms with E-state index >= 15 is 0 Å². The Morgan fingerprint density at radius 3 is 2.40 bits per heavy atom. The maximum absolute atomic E-state index is 13.1. The van der Waals surface area contributed by atoms with Crippen LogP contribution in [0.2, 0.25) is 0 Å². The van der Waals surface area contributed by atoms with Crippen molar-refractivity contribution < 1.29 is 24.2 Å². The fourth-order valence-corrected chi connectivity index (χ4v) is 3.27. The lowest BCUT2D eigenvalue weighted by Crippen LogP contribution is -2.49. The Labute approximate surface area is 174 Å². The summed E-state index contributed by atoms with van der Waals surface area (Å²) in [5.74, 6) is -0.242. The third kappa shape index (κ3) is 4.37. The number of hydrogen-bond donors (Lipinski definition) is 3. The van der Waals surface area contributed by atoms with Crippen molar-refractivity contribution in [2.75, 3.05) is 23.9 Å². The Bertz CT molecular complexity index is 993. The SMILES string of the molecule is COc1c(C(=O)Nc2ccc(O)cc2)cc(N2CCC(=O)NC2=O)cc1C(C)(C)C. The van der Waals surface area contributed by atoms with Gasteiger partial charge in [-0.05, 0) is 41.8 Å². The summed E-state index contributed by atoms with van der Waals surface area (Å²) >= 11 is 0. The average Bonchev–Trinajstić information content (AvgIpc) is 2.68. The second kappa shape index (κ2) is 8.06. The minimum absolute atomic E-state index is 0.0910. The quantitative estimate of drug-likeness (QED) is 0.669. The molecule has 1 aliphatic rings. The monoisotopic (exact) mass is 411 g/mol. The molecule has 0 spiro atoms. The molecular weight excluding hydrogens is 386 g/mol. The number of nitrogens with zero attached hydrogens (tertiary/aromatic N) is 1. The van der Waals surface area contributed by atoms with Gasteiger partial charge in [-0.3, -0.25) is 19.8 Å². The van der Waals surface area contributed by atoms with Gasteiger partial charge in [0, 0.05) is 29.9 Å². The third-order valence-corrected chi connectivity index (χ3v) is 4.82. The molecule has 0 bridgehead atoms. The molecule has 158 valence electrons. The molecule has 8 heteroatoms. The number of urea groups is 1. The van der Waals surface area contributed by atoms with Crippen molar-refractivity contribution in [1.82, 2.24) is 5.32 Å². The number of imide groups is 1. The van der Waals surface area contributed by atoms with Crippen LogP contribution in [-0.4, -0.2) is 36.6 Å². The number of hydrogen-bond acceptors (Lipinski definition) is 5. The number of phenolic OH excluding ortho intramolecular Hbond substituents is 1. The highest BCUT2D eigenvalue weighted by atomic mass is 16.5. The first-order chi connectivity index (χ1) is 14.1. The molecule has 1 fully saturated rings. The zero-order valence-electron chi connectivity index (χ0n) is 17.4. The highest BCUT2D eigenvalue weighted by Crippen LogP contribution is 2.38. The molecule has 2 aromatic rings. The van der Waals surface area contributed by atoms with Crippen molar-refractivity contribution in [2.45, 2.75) is 32.6 Å². The normalized spacial score (nSPS) is 14.3. The van der Waals surface area contributed by atoms with Crippen LogP contribution in [-0.2, 0) is 10.2 Å². The lowest BCUT2D eigenvalue weighted by Gasteiger charge is -2.30. The molecule has 1 aliphatic heterocycles. The van der Waals surface area contributed by atoms with E-state index in [0.717, 1.165) is 5.56 Å². The molecule has 0 atom stereocenters. The van der Waals surface area contributed by atoms with Crippen molar-refractivity contribution in [3.05, 3.63) is 47.5 Å². The van der Waals surface area contributed by atoms with Crippen molar-refractivity contribution in [3.8, 4) is 11.5 Å². The molecule has 4 amide bonds. The summed E-state index contributed by atoms with van der Waals surface area (Å²) in [4.78, 5) is 38.4. The zero-order chi connectivity index (χ0) is 22.1. The number of methoxy groups -OCH3 is 1. The van der Waals surface area contributed by atoms with Crippen molar-refractivity contribution in [2.24, 2.45) is 0 Å². The molecule has 0 aromatic heterocycles. The Kier molecular flexibility index (Phi) is 5.69. The van der Waals surface area contributed by atoms with Crippen LogP contribution in [0.4, 0.5) is 16.2 Å². The zero-order valence-corrected chi connectivity index (χ0v) is 17.4. The number of rotatable bonds is 4. The maximum atomic E-state index is 13.1. The number of benzene rings is 2. The summed E-state index contributed by atoms with van der Waals surface area (Å²) in [6, 6.07) is 8.97. The number of aromatic hydroxyl groups is 1. The van der Waals surface area contributed by atoms with Crippen molar-refractivity contribution in [3.63, 3.8) is 0 Å². The number of nitrogens with one attached hydrogen (secondary N) is 2. The smallest absolute Gasteiger partial charge is 0.328 e.